The fourth-order valence-corrected chi connectivity index (χ4v) is 5.60. The zero-order valence-electron chi connectivity index (χ0n) is 17.9. The Balaban J connectivity index is 1.72. The maximum absolute atomic E-state index is 13.6. The molecule has 34 heavy (non-hydrogen) atoms. The number of thiazole rings is 1. The third kappa shape index (κ3) is 4.31. The van der Waals surface area contributed by atoms with Gasteiger partial charge in [-0.25, -0.2) is 4.99 Å². The molecule has 5 rings (SSSR count). The predicted octanol–water partition coefficient (Wildman–Crippen LogP) is 4.97. The zero-order chi connectivity index (χ0) is 23.8. The first-order chi connectivity index (χ1) is 16.4. The van der Waals surface area contributed by atoms with Crippen molar-refractivity contribution in [3.05, 3.63) is 118 Å². The Bertz CT molecular complexity index is 1590. The Morgan fingerprint density at radius 1 is 1.15 bits per heavy atom. The van der Waals surface area contributed by atoms with Crippen LogP contribution >= 0.6 is 45.5 Å². The topological polar surface area (TPSA) is 63.8 Å². The van der Waals surface area contributed by atoms with Crippen LogP contribution < -0.4 is 19.6 Å². The molecule has 3 aromatic carbocycles. The number of benzene rings is 3. The number of aromatic hydroxyl groups is 1. The molecule has 0 fully saturated rings. The van der Waals surface area contributed by atoms with Crippen molar-refractivity contribution in [3.8, 4) is 11.5 Å². The van der Waals surface area contributed by atoms with E-state index in [0.29, 0.717) is 23.7 Å². The molecule has 2 heterocycles. The van der Waals surface area contributed by atoms with Crippen LogP contribution in [0.1, 0.15) is 22.7 Å². The summed E-state index contributed by atoms with van der Waals surface area (Å²) in [6.07, 6.45) is 3.81. The van der Waals surface area contributed by atoms with Gasteiger partial charge in [-0.05, 0) is 75.7 Å². The van der Waals surface area contributed by atoms with Crippen molar-refractivity contribution < 1.29 is 9.84 Å². The van der Waals surface area contributed by atoms with Crippen molar-refractivity contribution in [1.82, 2.24) is 4.57 Å². The van der Waals surface area contributed by atoms with Crippen LogP contribution in [0.15, 0.2) is 82.6 Å². The quantitative estimate of drug-likeness (QED) is 0.337. The minimum atomic E-state index is -0.319. The van der Waals surface area contributed by atoms with Gasteiger partial charge in [0.15, 0.2) is 16.3 Å². The summed E-state index contributed by atoms with van der Waals surface area (Å²) in [4.78, 5) is 19.0. The van der Waals surface area contributed by atoms with E-state index in [1.807, 2.05) is 89.3 Å². The number of ether oxygens (including phenoxy) is 1. The van der Waals surface area contributed by atoms with Gasteiger partial charge in [-0.1, -0.05) is 65.4 Å². The fourth-order valence-electron chi connectivity index (χ4n) is 3.83. The van der Waals surface area contributed by atoms with Crippen molar-refractivity contribution in [2.75, 3.05) is 7.11 Å². The molecule has 1 aliphatic rings. The molecular weight excluding hydrogens is 583 g/mol. The second-order valence-electron chi connectivity index (χ2n) is 7.65. The molecule has 0 amide bonds. The van der Waals surface area contributed by atoms with Crippen molar-refractivity contribution in [2.24, 2.45) is 4.99 Å². The second-order valence-corrected chi connectivity index (χ2v) is 10.3. The van der Waals surface area contributed by atoms with Gasteiger partial charge in [0, 0.05) is 5.02 Å². The molecule has 1 unspecified atom stereocenters. The van der Waals surface area contributed by atoms with Crippen molar-refractivity contribution >= 4 is 57.3 Å². The number of phenolic OH excluding ortho intramolecular Hbond substituents is 1. The average molecular weight is 601 g/mol. The summed E-state index contributed by atoms with van der Waals surface area (Å²) in [5, 5.41) is 10.8. The summed E-state index contributed by atoms with van der Waals surface area (Å²) in [6.45, 7) is 0. The van der Waals surface area contributed by atoms with Gasteiger partial charge in [0.05, 0.1) is 27.0 Å². The highest BCUT2D eigenvalue weighted by Gasteiger charge is 2.22. The van der Waals surface area contributed by atoms with Crippen LogP contribution in [0.25, 0.3) is 11.8 Å². The van der Waals surface area contributed by atoms with Crippen LogP contribution in [0.4, 0.5) is 0 Å². The van der Waals surface area contributed by atoms with Gasteiger partial charge in [0.25, 0.3) is 5.56 Å². The van der Waals surface area contributed by atoms with E-state index in [2.05, 4.69) is 0 Å². The van der Waals surface area contributed by atoms with Crippen LogP contribution in [-0.4, -0.2) is 16.8 Å². The highest BCUT2D eigenvalue weighted by Crippen LogP contribution is 2.32. The molecule has 8 heteroatoms. The second kappa shape index (κ2) is 9.40. The van der Waals surface area contributed by atoms with E-state index in [1.54, 1.807) is 16.7 Å². The molecule has 0 saturated carbocycles. The Morgan fingerprint density at radius 2 is 1.88 bits per heavy atom. The van der Waals surface area contributed by atoms with Gasteiger partial charge >= 0.3 is 0 Å². The summed E-state index contributed by atoms with van der Waals surface area (Å²) in [5.41, 5.74) is 3.37. The number of methoxy groups -OCH3 is 1. The number of allylic oxidation sites excluding steroid dienone is 1. The molecule has 0 saturated heterocycles. The van der Waals surface area contributed by atoms with Crippen molar-refractivity contribution in [1.29, 1.82) is 0 Å². The van der Waals surface area contributed by atoms with E-state index in [0.717, 1.165) is 22.4 Å². The highest BCUT2D eigenvalue weighted by atomic mass is 127. The first-order valence-electron chi connectivity index (χ1n) is 10.4. The Kier molecular flexibility index (Phi) is 6.33. The first-order valence-corrected chi connectivity index (χ1v) is 12.6. The molecule has 0 radical (unpaired) electrons. The van der Waals surface area contributed by atoms with Crippen molar-refractivity contribution in [2.45, 2.75) is 6.04 Å². The summed E-state index contributed by atoms with van der Waals surface area (Å²) < 4.78 is 8.17. The molecule has 170 valence electrons. The lowest BCUT2D eigenvalue weighted by molar-refractivity contribution is 0.371. The maximum atomic E-state index is 13.6. The van der Waals surface area contributed by atoms with Gasteiger partial charge < -0.3 is 9.84 Å². The Morgan fingerprint density at radius 3 is 2.59 bits per heavy atom. The lowest BCUT2D eigenvalue weighted by Crippen LogP contribution is -2.36. The monoisotopic (exact) mass is 600 g/mol. The summed E-state index contributed by atoms with van der Waals surface area (Å²) in [7, 11) is 1.50. The van der Waals surface area contributed by atoms with E-state index >= 15 is 0 Å². The smallest absolute Gasteiger partial charge is 0.271 e. The van der Waals surface area contributed by atoms with Gasteiger partial charge in [-0.3, -0.25) is 9.36 Å². The van der Waals surface area contributed by atoms with Gasteiger partial charge in [-0.2, -0.15) is 0 Å². The average Bonchev–Trinajstić information content (AvgIpc) is 3.16. The standard InChI is InChI=1S/C26H18ClIN2O3S/c1-33-22-12-15(11-19(28)24(22)31)13-23-25(32)30-21(17-7-9-18(27)10-8-17)14-20(29-26(30)34-23)16-5-3-2-4-6-16/h2-14,21,31H,1H3. The summed E-state index contributed by atoms with van der Waals surface area (Å²) >= 11 is 9.49. The van der Waals surface area contributed by atoms with Crippen LogP contribution in [-0.2, 0) is 0 Å². The SMILES string of the molecule is COc1cc(C=c2sc3n(c2=O)C(c2ccc(Cl)cc2)C=C(c2ccccc2)N=3)cc(I)c1O. The Hall–Kier alpha value is -2.88. The number of halogens is 2. The molecule has 1 aliphatic heterocycles. The summed E-state index contributed by atoms with van der Waals surface area (Å²) in [5.74, 6) is 0.438. The molecule has 1 N–H and O–H groups in total. The van der Waals surface area contributed by atoms with Crippen LogP contribution in [0, 0.1) is 3.57 Å². The number of phenols is 1. The zero-order valence-corrected chi connectivity index (χ0v) is 21.6. The van der Waals surface area contributed by atoms with Crippen LogP contribution in [0.2, 0.25) is 5.02 Å². The summed E-state index contributed by atoms with van der Waals surface area (Å²) in [6, 6.07) is 20.6. The maximum Gasteiger partial charge on any atom is 0.271 e. The van der Waals surface area contributed by atoms with Crippen LogP contribution in [0.3, 0.4) is 0 Å². The number of hydrogen-bond donors (Lipinski definition) is 1. The number of nitrogens with zero attached hydrogens (tertiary/aromatic N) is 2. The normalized spacial score (nSPS) is 15.4. The number of aromatic nitrogens is 1. The number of fused-ring (bicyclic) bond motifs is 1. The van der Waals surface area contributed by atoms with Gasteiger partial charge in [-0.15, -0.1) is 0 Å². The minimum Gasteiger partial charge on any atom is -0.504 e. The van der Waals surface area contributed by atoms with Gasteiger partial charge in [0.1, 0.15) is 0 Å². The lowest BCUT2D eigenvalue weighted by Gasteiger charge is -2.19. The third-order valence-electron chi connectivity index (χ3n) is 5.50. The van der Waals surface area contributed by atoms with Crippen molar-refractivity contribution in [3.63, 3.8) is 0 Å². The Labute approximate surface area is 218 Å². The van der Waals surface area contributed by atoms with Crippen LogP contribution in [0.5, 0.6) is 11.5 Å². The number of hydrogen-bond acceptors (Lipinski definition) is 5. The molecule has 0 aliphatic carbocycles. The van der Waals surface area contributed by atoms with E-state index in [9.17, 15) is 9.90 Å². The molecule has 1 atom stereocenters. The minimum absolute atomic E-state index is 0.0805. The molecule has 0 bridgehead atoms. The molecule has 0 spiro atoms. The van der Waals surface area contributed by atoms with E-state index in [-0.39, 0.29) is 17.4 Å². The van der Waals surface area contributed by atoms with Gasteiger partial charge in [0.2, 0.25) is 0 Å². The molecule has 4 aromatic rings. The fraction of sp³-hybridized carbons (Fsp3) is 0.0769. The van der Waals surface area contributed by atoms with E-state index in [1.165, 1.54) is 18.4 Å². The highest BCUT2D eigenvalue weighted by molar-refractivity contribution is 14.1. The molecule has 1 aromatic heterocycles. The molecule has 5 nitrogen and oxygen atoms in total. The molecular formula is C26H18ClIN2O3S. The third-order valence-corrected chi connectivity index (χ3v) is 7.55. The largest absolute Gasteiger partial charge is 0.504 e. The lowest BCUT2D eigenvalue weighted by atomic mass is 10.0. The first kappa shape index (κ1) is 22.9. The predicted molar refractivity (Wildman–Crippen MR) is 144 cm³/mol. The van der Waals surface area contributed by atoms with E-state index < -0.39 is 0 Å². The number of rotatable bonds is 4. The van der Waals surface area contributed by atoms with E-state index in [4.69, 9.17) is 21.3 Å².